The second-order valence-corrected chi connectivity index (χ2v) is 5.41. The minimum Gasteiger partial charge on any atom is -0.222 e. The monoisotopic (exact) mass is 326 g/mol. The van der Waals surface area contributed by atoms with Crippen LogP contribution in [0, 0.1) is 24.1 Å². The standard InChI is InChI=1S/C13H15N4.ClHO4/c1-4-11-9(2)14-17-15-12-7-5-6-8-13(12)16(17)10(11)3;2-1(3,4)5/h5-8H,4H2,1-3H3;(H,2,3,4,5)/q+1;/p-1. The van der Waals surface area contributed by atoms with Crippen LogP contribution in [0.4, 0.5) is 0 Å². The van der Waals surface area contributed by atoms with Crippen molar-refractivity contribution in [3.8, 4) is 0 Å². The van der Waals surface area contributed by atoms with Gasteiger partial charge in [-0.3, -0.25) is 0 Å². The van der Waals surface area contributed by atoms with Gasteiger partial charge in [0.1, 0.15) is 11.4 Å². The number of benzene rings is 1. The van der Waals surface area contributed by atoms with Crippen LogP contribution < -0.4 is 23.2 Å². The first-order valence-electron chi connectivity index (χ1n) is 6.50. The molecule has 0 saturated carbocycles. The highest BCUT2D eigenvalue weighted by Crippen LogP contribution is 2.11. The van der Waals surface area contributed by atoms with Crippen LogP contribution >= 0.6 is 0 Å². The van der Waals surface area contributed by atoms with E-state index >= 15 is 0 Å². The fourth-order valence-electron chi connectivity index (χ4n) is 2.44. The van der Waals surface area contributed by atoms with E-state index in [0.717, 1.165) is 23.1 Å². The fraction of sp³-hybridized carbons (Fsp3) is 0.308. The minimum absolute atomic E-state index is 0.973. The van der Waals surface area contributed by atoms with E-state index in [4.69, 9.17) is 18.6 Å². The Morgan fingerprint density at radius 3 is 2.27 bits per heavy atom. The van der Waals surface area contributed by atoms with E-state index in [-0.39, 0.29) is 0 Å². The number of nitrogens with zero attached hydrogens (tertiary/aromatic N) is 4. The van der Waals surface area contributed by atoms with E-state index in [1.807, 2.05) is 25.1 Å². The number of fused-ring (bicyclic) bond motifs is 3. The number of hydrogen-bond acceptors (Lipinski definition) is 6. The second kappa shape index (κ2) is 6.11. The normalized spacial score (nSPS) is 11.6. The van der Waals surface area contributed by atoms with Crippen LogP contribution in [0.1, 0.15) is 23.9 Å². The number of hydrogen-bond donors (Lipinski definition) is 0. The van der Waals surface area contributed by atoms with Crippen LogP contribution in [0.15, 0.2) is 24.3 Å². The third-order valence-electron chi connectivity index (χ3n) is 3.27. The molecule has 3 aromatic rings. The molecule has 1 aromatic carbocycles. The lowest BCUT2D eigenvalue weighted by Crippen LogP contribution is -2.68. The van der Waals surface area contributed by atoms with Crippen molar-refractivity contribution in [3.05, 3.63) is 41.2 Å². The van der Waals surface area contributed by atoms with E-state index in [1.165, 1.54) is 11.3 Å². The van der Waals surface area contributed by atoms with Crippen molar-refractivity contribution >= 4 is 11.0 Å². The molecule has 0 spiro atoms. The Kier molecular flexibility index (Phi) is 4.59. The van der Waals surface area contributed by atoms with Gasteiger partial charge >= 0.3 is 0 Å². The molecule has 0 aliphatic heterocycles. The van der Waals surface area contributed by atoms with Gasteiger partial charge in [0, 0.05) is 15.8 Å². The van der Waals surface area contributed by atoms with Gasteiger partial charge in [0.25, 0.3) is 0 Å². The van der Waals surface area contributed by atoms with Crippen molar-refractivity contribution in [1.29, 1.82) is 0 Å². The fourth-order valence-corrected chi connectivity index (χ4v) is 2.44. The quantitative estimate of drug-likeness (QED) is 0.436. The molecule has 0 aliphatic rings. The Labute approximate surface area is 128 Å². The van der Waals surface area contributed by atoms with E-state index < -0.39 is 10.2 Å². The first kappa shape index (κ1) is 16.5. The van der Waals surface area contributed by atoms with Crippen molar-refractivity contribution in [1.82, 2.24) is 14.9 Å². The molecule has 0 unspecified atom stereocenters. The molecular formula is C13H15ClN4O4. The van der Waals surface area contributed by atoms with Gasteiger partial charge in [0.05, 0.1) is 4.74 Å². The van der Waals surface area contributed by atoms with Crippen molar-refractivity contribution in [2.45, 2.75) is 27.2 Å². The summed E-state index contributed by atoms with van der Waals surface area (Å²) >= 11 is 0. The maximum Gasteiger partial charge on any atom is 0.207 e. The highest BCUT2D eigenvalue weighted by Gasteiger charge is 2.18. The highest BCUT2D eigenvalue weighted by molar-refractivity contribution is 5.69. The van der Waals surface area contributed by atoms with Gasteiger partial charge in [0.15, 0.2) is 5.52 Å². The predicted octanol–water partition coefficient (Wildman–Crippen LogP) is -3.11. The number of rotatable bonds is 1. The van der Waals surface area contributed by atoms with Gasteiger partial charge in [-0.2, -0.15) is 0 Å². The summed E-state index contributed by atoms with van der Waals surface area (Å²) in [6, 6.07) is 8.11. The van der Waals surface area contributed by atoms with Gasteiger partial charge in [-0.1, -0.05) is 19.1 Å². The summed E-state index contributed by atoms with van der Waals surface area (Å²) in [5.41, 5.74) is 5.65. The first-order valence-corrected chi connectivity index (χ1v) is 7.73. The van der Waals surface area contributed by atoms with Crippen LogP contribution in [-0.2, 0) is 6.42 Å². The lowest BCUT2D eigenvalue weighted by Gasteiger charge is -2.17. The maximum atomic E-state index is 8.49. The van der Waals surface area contributed by atoms with Gasteiger partial charge in [-0.15, -0.1) is 14.8 Å². The van der Waals surface area contributed by atoms with E-state index in [2.05, 4.69) is 34.6 Å². The van der Waals surface area contributed by atoms with Gasteiger partial charge in [0.2, 0.25) is 5.52 Å². The van der Waals surface area contributed by atoms with Crippen LogP contribution in [0.25, 0.3) is 11.0 Å². The van der Waals surface area contributed by atoms with Crippen molar-refractivity contribution in [2.24, 2.45) is 0 Å². The smallest absolute Gasteiger partial charge is 0.207 e. The van der Waals surface area contributed by atoms with Crippen molar-refractivity contribution in [2.75, 3.05) is 0 Å². The Morgan fingerprint density at radius 2 is 1.68 bits per heavy atom. The van der Waals surface area contributed by atoms with Crippen LogP contribution in [0.2, 0.25) is 0 Å². The van der Waals surface area contributed by atoms with E-state index in [1.54, 1.807) is 4.74 Å². The zero-order chi connectivity index (χ0) is 16.5. The summed E-state index contributed by atoms with van der Waals surface area (Å²) in [6.45, 7) is 6.33. The van der Waals surface area contributed by atoms with Crippen LogP contribution in [0.3, 0.4) is 0 Å². The third-order valence-corrected chi connectivity index (χ3v) is 3.27. The van der Waals surface area contributed by atoms with Gasteiger partial charge in [-0.25, -0.2) is 18.6 Å². The van der Waals surface area contributed by atoms with E-state index in [0.29, 0.717) is 0 Å². The number of halogens is 1. The molecule has 2 aromatic heterocycles. The molecule has 0 bridgehead atoms. The van der Waals surface area contributed by atoms with Gasteiger partial charge < -0.3 is 0 Å². The Hall–Kier alpha value is -1.84. The number of aromatic nitrogens is 4. The molecule has 0 radical (unpaired) electrons. The van der Waals surface area contributed by atoms with Crippen molar-refractivity contribution < 1.29 is 33.4 Å². The summed E-state index contributed by atoms with van der Waals surface area (Å²) in [6.07, 6.45) is 0.994. The predicted molar refractivity (Wildman–Crippen MR) is 65.0 cm³/mol. The molecule has 0 saturated heterocycles. The second-order valence-electron chi connectivity index (χ2n) is 4.65. The van der Waals surface area contributed by atoms with Crippen LogP contribution in [0.5, 0.6) is 0 Å². The number of aryl methyl sites for hydroxylation is 2. The molecule has 118 valence electrons. The third kappa shape index (κ3) is 3.49. The summed E-state index contributed by atoms with van der Waals surface area (Å²) < 4.78 is 37.7. The molecule has 22 heavy (non-hydrogen) atoms. The minimum atomic E-state index is -4.94. The summed E-state index contributed by atoms with van der Waals surface area (Å²) in [4.78, 5) is 0. The molecule has 3 rings (SSSR count). The summed E-state index contributed by atoms with van der Waals surface area (Å²) in [5.74, 6) is 0. The summed E-state index contributed by atoms with van der Waals surface area (Å²) in [5, 5.41) is 8.99. The largest absolute Gasteiger partial charge is 0.222 e. The SMILES string of the molecule is CCc1c(C)nn2nc3ccccc3[n+]2c1C.[O-][Cl+3]([O-])([O-])[O-]. The Bertz CT molecular complexity index is 807. The molecule has 0 N–H and O–H groups in total. The average molecular weight is 327 g/mol. The maximum absolute atomic E-state index is 8.49. The molecule has 8 nitrogen and oxygen atoms in total. The molecule has 9 heteroatoms. The molecule has 0 aliphatic carbocycles. The van der Waals surface area contributed by atoms with Gasteiger partial charge in [-0.05, 0) is 32.4 Å². The Balaban J connectivity index is 0.000000309. The average Bonchev–Trinajstić information content (AvgIpc) is 2.75. The van der Waals surface area contributed by atoms with Crippen molar-refractivity contribution in [3.63, 3.8) is 0 Å². The molecule has 2 heterocycles. The lowest BCUT2D eigenvalue weighted by molar-refractivity contribution is -2.00. The highest BCUT2D eigenvalue weighted by atomic mass is 35.7. The molecule has 0 fully saturated rings. The number of para-hydroxylation sites is 1. The van der Waals surface area contributed by atoms with E-state index in [9.17, 15) is 0 Å². The lowest BCUT2D eigenvalue weighted by atomic mass is 10.1. The topological polar surface area (TPSA) is 127 Å². The molecule has 0 atom stereocenters. The Morgan fingerprint density at radius 1 is 1.09 bits per heavy atom. The van der Waals surface area contributed by atoms with Crippen LogP contribution in [-0.4, -0.2) is 14.9 Å². The molecular weight excluding hydrogens is 312 g/mol. The zero-order valence-electron chi connectivity index (χ0n) is 12.3. The molecule has 0 amide bonds. The summed E-state index contributed by atoms with van der Waals surface area (Å²) in [7, 11) is -4.94. The zero-order valence-corrected chi connectivity index (χ0v) is 13.1. The first-order chi connectivity index (χ1) is 10.2.